The molecule has 178 valence electrons. The van der Waals surface area contributed by atoms with Gasteiger partial charge in [-0.25, -0.2) is 12.8 Å². The Balaban J connectivity index is 1.47. The second kappa shape index (κ2) is 8.84. The first-order valence-electron chi connectivity index (χ1n) is 10.6. The van der Waals surface area contributed by atoms with Gasteiger partial charge in [0.05, 0.1) is 17.6 Å². The molecule has 0 aliphatic carbocycles. The van der Waals surface area contributed by atoms with E-state index in [4.69, 9.17) is 4.52 Å². The van der Waals surface area contributed by atoms with Crippen molar-refractivity contribution in [2.75, 3.05) is 11.1 Å². The molecule has 0 radical (unpaired) electrons. The highest BCUT2D eigenvalue weighted by molar-refractivity contribution is 7.92. The van der Waals surface area contributed by atoms with E-state index >= 15 is 0 Å². The summed E-state index contributed by atoms with van der Waals surface area (Å²) in [6, 6.07) is 13.1. The van der Waals surface area contributed by atoms with E-state index in [9.17, 15) is 17.6 Å². The number of aryl methyl sites for hydroxylation is 1. The first-order valence-corrected chi connectivity index (χ1v) is 12.3. The van der Waals surface area contributed by atoms with Gasteiger partial charge in [0.2, 0.25) is 5.91 Å². The summed E-state index contributed by atoms with van der Waals surface area (Å²) < 4.78 is 47.6. The van der Waals surface area contributed by atoms with Crippen molar-refractivity contribution < 1.29 is 22.1 Å². The Hall–Kier alpha value is -4.25. The number of carbonyl (C=O) groups is 1. The van der Waals surface area contributed by atoms with Crippen LogP contribution in [0.15, 0.2) is 76.5 Å². The Morgan fingerprint density at radius 3 is 2.74 bits per heavy atom. The smallest absolute Gasteiger partial charge is 0.241 e. The van der Waals surface area contributed by atoms with Crippen molar-refractivity contribution in [3.05, 3.63) is 84.3 Å². The molecule has 1 amide bonds. The summed E-state index contributed by atoms with van der Waals surface area (Å²) in [6.07, 6.45) is 4.79. The Kier molecular flexibility index (Phi) is 5.69. The van der Waals surface area contributed by atoms with Gasteiger partial charge < -0.3 is 14.4 Å². The normalized spacial score (nSPS) is 11.7. The van der Waals surface area contributed by atoms with Crippen molar-refractivity contribution in [3.8, 4) is 11.1 Å². The predicted molar refractivity (Wildman–Crippen MR) is 127 cm³/mol. The molecule has 0 saturated heterocycles. The van der Waals surface area contributed by atoms with Gasteiger partial charge in [-0.05, 0) is 30.7 Å². The summed E-state index contributed by atoms with van der Waals surface area (Å²) in [6.45, 7) is 1.75. The molecule has 5 aromatic rings. The van der Waals surface area contributed by atoms with Crippen molar-refractivity contribution in [1.82, 2.24) is 19.9 Å². The van der Waals surface area contributed by atoms with Crippen molar-refractivity contribution in [2.45, 2.75) is 18.4 Å². The van der Waals surface area contributed by atoms with Crippen LogP contribution in [-0.4, -0.2) is 40.0 Å². The SMILES string of the molecule is Cc1cc(NC(=O)CS(=O)(=O)c2cn(Cc3cc(-c4cn[nH]c4)ccc3F)c3ccccc23)no1. The second-order valence-corrected chi connectivity index (χ2v) is 10.0. The first kappa shape index (κ1) is 22.5. The summed E-state index contributed by atoms with van der Waals surface area (Å²) >= 11 is 0. The number of sulfone groups is 1. The lowest BCUT2D eigenvalue weighted by Gasteiger charge is -2.09. The van der Waals surface area contributed by atoms with Gasteiger partial charge in [-0.1, -0.05) is 29.4 Å². The molecule has 0 aliphatic heterocycles. The number of aromatic amines is 1. The van der Waals surface area contributed by atoms with Crippen LogP contribution in [0.2, 0.25) is 0 Å². The summed E-state index contributed by atoms with van der Waals surface area (Å²) in [5, 5.41) is 13.2. The number of hydrogen-bond acceptors (Lipinski definition) is 6. The Morgan fingerprint density at radius 2 is 2.00 bits per heavy atom. The summed E-state index contributed by atoms with van der Waals surface area (Å²) in [7, 11) is -4.02. The van der Waals surface area contributed by atoms with E-state index in [-0.39, 0.29) is 17.3 Å². The third-order valence-electron chi connectivity index (χ3n) is 5.52. The molecule has 0 unspecified atom stereocenters. The van der Waals surface area contributed by atoms with Crippen LogP contribution in [0.25, 0.3) is 22.0 Å². The molecule has 0 saturated carbocycles. The number of nitrogens with zero attached hydrogens (tertiary/aromatic N) is 3. The third-order valence-corrected chi connectivity index (χ3v) is 7.16. The number of benzene rings is 2. The minimum atomic E-state index is -4.02. The van der Waals surface area contributed by atoms with E-state index in [1.807, 2.05) is 0 Å². The van der Waals surface area contributed by atoms with Crippen LogP contribution in [0.5, 0.6) is 0 Å². The van der Waals surface area contributed by atoms with Crippen LogP contribution in [0.1, 0.15) is 11.3 Å². The van der Waals surface area contributed by atoms with Crippen LogP contribution in [-0.2, 0) is 21.2 Å². The highest BCUT2D eigenvalue weighted by Gasteiger charge is 2.25. The van der Waals surface area contributed by atoms with Crippen LogP contribution in [0.4, 0.5) is 10.2 Å². The number of rotatable bonds is 7. The van der Waals surface area contributed by atoms with E-state index in [2.05, 4.69) is 20.7 Å². The molecule has 9 nitrogen and oxygen atoms in total. The number of para-hydroxylation sites is 1. The van der Waals surface area contributed by atoms with E-state index in [1.165, 1.54) is 18.3 Å². The number of fused-ring (bicyclic) bond motifs is 1. The standard InChI is InChI=1S/C24H20FN5O4S/c1-15-8-23(29-34-15)28-24(31)14-35(32,33)22-13-30(21-5-3-2-4-19(21)22)12-17-9-16(6-7-20(17)25)18-10-26-27-11-18/h2-11,13H,12,14H2,1H3,(H,26,27)(H,28,29,31). The molecular weight excluding hydrogens is 473 g/mol. The molecule has 35 heavy (non-hydrogen) atoms. The molecule has 5 rings (SSSR count). The van der Waals surface area contributed by atoms with E-state index in [1.54, 1.807) is 60.3 Å². The van der Waals surface area contributed by atoms with E-state index < -0.39 is 27.3 Å². The van der Waals surface area contributed by atoms with Gasteiger partial charge in [-0.15, -0.1) is 0 Å². The maximum absolute atomic E-state index is 14.7. The number of nitrogens with one attached hydrogen (secondary N) is 2. The van der Waals surface area contributed by atoms with Crippen molar-refractivity contribution in [1.29, 1.82) is 0 Å². The van der Waals surface area contributed by atoms with Crippen molar-refractivity contribution >= 4 is 32.5 Å². The minimum Gasteiger partial charge on any atom is -0.360 e. The maximum Gasteiger partial charge on any atom is 0.241 e. The predicted octanol–water partition coefficient (Wildman–Crippen LogP) is 3.93. The lowest BCUT2D eigenvalue weighted by atomic mass is 10.1. The Labute approximate surface area is 199 Å². The highest BCUT2D eigenvalue weighted by atomic mass is 32.2. The van der Waals surface area contributed by atoms with E-state index in [0.29, 0.717) is 22.2 Å². The molecule has 0 fully saturated rings. The largest absolute Gasteiger partial charge is 0.360 e. The van der Waals surface area contributed by atoms with Gasteiger partial charge >= 0.3 is 0 Å². The molecular formula is C24H20FN5O4S. The van der Waals surface area contributed by atoms with Gasteiger partial charge in [0.15, 0.2) is 15.7 Å². The maximum atomic E-state index is 14.7. The Morgan fingerprint density at radius 1 is 1.17 bits per heavy atom. The first-order chi connectivity index (χ1) is 16.8. The molecule has 0 atom stereocenters. The number of aromatic nitrogens is 4. The van der Waals surface area contributed by atoms with Crippen molar-refractivity contribution in [3.63, 3.8) is 0 Å². The van der Waals surface area contributed by atoms with Crippen LogP contribution in [0.3, 0.4) is 0 Å². The molecule has 0 aliphatic rings. The molecule has 3 heterocycles. The van der Waals surface area contributed by atoms with Gasteiger partial charge in [-0.3, -0.25) is 9.89 Å². The number of H-pyrrole nitrogens is 1. The zero-order valence-corrected chi connectivity index (χ0v) is 19.3. The molecule has 0 bridgehead atoms. The summed E-state index contributed by atoms with van der Waals surface area (Å²) in [5.74, 6) is -1.32. The fourth-order valence-electron chi connectivity index (χ4n) is 3.91. The number of carbonyl (C=O) groups excluding carboxylic acids is 1. The quantitative estimate of drug-likeness (QED) is 0.354. The van der Waals surface area contributed by atoms with Crippen molar-refractivity contribution in [2.24, 2.45) is 0 Å². The fourth-order valence-corrected chi connectivity index (χ4v) is 5.28. The van der Waals surface area contributed by atoms with Crippen LogP contribution >= 0.6 is 0 Å². The number of hydrogen-bond donors (Lipinski definition) is 2. The molecule has 3 aromatic heterocycles. The zero-order valence-electron chi connectivity index (χ0n) is 18.5. The van der Waals surface area contributed by atoms with E-state index in [0.717, 1.165) is 11.1 Å². The fraction of sp³-hybridized carbons (Fsp3) is 0.125. The third kappa shape index (κ3) is 4.58. The van der Waals surface area contributed by atoms with Crippen LogP contribution in [0, 0.1) is 12.7 Å². The minimum absolute atomic E-state index is 0.00835. The van der Waals surface area contributed by atoms with Gasteiger partial charge in [-0.2, -0.15) is 5.10 Å². The second-order valence-electron chi connectivity index (χ2n) is 8.06. The van der Waals surface area contributed by atoms with Gasteiger partial charge in [0.1, 0.15) is 17.3 Å². The molecule has 2 aromatic carbocycles. The summed E-state index contributed by atoms with van der Waals surface area (Å²) in [5.41, 5.74) is 2.57. The lowest BCUT2D eigenvalue weighted by Crippen LogP contribution is -2.23. The average Bonchev–Trinajstić information content (AvgIpc) is 3.56. The molecule has 0 spiro atoms. The summed E-state index contributed by atoms with van der Waals surface area (Å²) in [4.78, 5) is 12.4. The van der Waals surface area contributed by atoms with Crippen LogP contribution < -0.4 is 5.32 Å². The zero-order chi connectivity index (χ0) is 24.6. The molecule has 2 N–H and O–H groups in total. The Bertz CT molecular complexity index is 1640. The number of anilines is 1. The number of amides is 1. The van der Waals surface area contributed by atoms with Gasteiger partial charge in [0.25, 0.3) is 0 Å². The monoisotopic (exact) mass is 493 g/mol. The number of halogens is 1. The lowest BCUT2D eigenvalue weighted by molar-refractivity contribution is -0.113. The topological polar surface area (TPSA) is 123 Å². The van der Waals surface area contributed by atoms with Gasteiger partial charge in [0, 0.05) is 40.5 Å². The average molecular weight is 494 g/mol. The molecule has 11 heteroatoms. The highest BCUT2D eigenvalue weighted by Crippen LogP contribution is 2.29.